The van der Waals surface area contributed by atoms with Crippen molar-refractivity contribution in [2.45, 2.75) is 75.2 Å². The molecular weight excluding hydrogens is 380 g/mol. The van der Waals surface area contributed by atoms with Gasteiger partial charge in [0.25, 0.3) is 5.56 Å². The number of fused-ring (bicyclic) bond motifs is 2. The van der Waals surface area contributed by atoms with Crippen LogP contribution >= 0.6 is 0 Å². The highest BCUT2D eigenvalue weighted by Gasteiger charge is 2.50. The van der Waals surface area contributed by atoms with Crippen LogP contribution in [0.5, 0.6) is 0 Å². The van der Waals surface area contributed by atoms with Gasteiger partial charge in [-0.1, -0.05) is 0 Å². The number of aromatic amines is 1. The largest absolute Gasteiger partial charge is 0.461 e. The minimum Gasteiger partial charge on any atom is -0.461 e. The maximum Gasteiger partial charge on any atom is 0.312 e. The van der Waals surface area contributed by atoms with Gasteiger partial charge in [0.05, 0.1) is 11.1 Å². The molecular formula is C23H32N4O3. The van der Waals surface area contributed by atoms with E-state index >= 15 is 0 Å². The first-order chi connectivity index (χ1) is 14.6. The van der Waals surface area contributed by atoms with E-state index in [4.69, 9.17) is 9.72 Å². The monoisotopic (exact) mass is 412 g/mol. The van der Waals surface area contributed by atoms with E-state index in [-0.39, 0.29) is 28.5 Å². The lowest BCUT2D eigenvalue weighted by Gasteiger charge is -2.40. The fourth-order valence-corrected chi connectivity index (χ4v) is 6.41. The number of hydrogen-bond acceptors (Lipinski definition) is 6. The Labute approximate surface area is 177 Å². The van der Waals surface area contributed by atoms with Crippen LogP contribution < -0.4 is 10.9 Å². The summed E-state index contributed by atoms with van der Waals surface area (Å²) >= 11 is 0. The minimum atomic E-state index is -0.235. The van der Waals surface area contributed by atoms with E-state index in [2.05, 4.69) is 15.2 Å². The molecule has 3 saturated heterocycles. The van der Waals surface area contributed by atoms with Gasteiger partial charge in [-0.25, -0.2) is 4.98 Å². The lowest BCUT2D eigenvalue weighted by molar-refractivity contribution is -0.150. The molecule has 0 radical (unpaired) electrons. The summed E-state index contributed by atoms with van der Waals surface area (Å²) in [5.41, 5.74) is 1.99. The first kappa shape index (κ1) is 19.0. The zero-order valence-corrected chi connectivity index (χ0v) is 17.7. The second-order valence-electron chi connectivity index (χ2n) is 10.4. The van der Waals surface area contributed by atoms with Crippen LogP contribution in [0.1, 0.15) is 74.4 Å². The number of aromatic nitrogens is 2. The molecule has 1 aromatic rings. The molecule has 6 rings (SSSR count). The van der Waals surface area contributed by atoms with E-state index in [0.717, 1.165) is 108 Å². The number of nitrogens with zero attached hydrogens (tertiary/aromatic N) is 2. The van der Waals surface area contributed by atoms with E-state index in [9.17, 15) is 9.59 Å². The van der Waals surface area contributed by atoms with Gasteiger partial charge in [-0.2, -0.15) is 0 Å². The molecule has 5 aliphatic rings. The number of cyclic esters (lactones) is 1. The molecule has 7 nitrogen and oxygen atoms in total. The Hall–Kier alpha value is -1.73. The average molecular weight is 413 g/mol. The maximum atomic E-state index is 12.6. The third-order valence-corrected chi connectivity index (χ3v) is 8.51. The lowest BCUT2D eigenvalue weighted by atomic mass is 9.75. The van der Waals surface area contributed by atoms with Crippen molar-refractivity contribution >= 4 is 5.97 Å². The number of esters is 1. The summed E-state index contributed by atoms with van der Waals surface area (Å²) in [7, 11) is 0. The van der Waals surface area contributed by atoms with Gasteiger partial charge in [0.1, 0.15) is 11.9 Å². The van der Waals surface area contributed by atoms with Gasteiger partial charge in [0, 0.05) is 29.9 Å². The molecule has 162 valence electrons. The standard InChI is InChI=1S/C23H32N4O3/c28-20-17-3-4-22(18(17)25-19(26-20)15-1-2-15)7-11-27(12-8-22)14-16-13-23(21(29)30-16)5-9-24-10-6-23/h15-16,24H,1-14H2,(H,25,26,28). The number of piperidine rings is 2. The Morgan fingerprint density at radius 1 is 1.03 bits per heavy atom. The topological polar surface area (TPSA) is 87.3 Å². The number of ether oxygens (including phenoxy) is 1. The van der Waals surface area contributed by atoms with Crippen molar-refractivity contribution in [3.05, 3.63) is 27.4 Å². The third kappa shape index (κ3) is 3.04. The fraction of sp³-hybridized carbons (Fsp3) is 0.783. The molecule has 30 heavy (non-hydrogen) atoms. The van der Waals surface area contributed by atoms with E-state index < -0.39 is 0 Å². The SMILES string of the molecule is O=C1OC(CN2CCC3(CCc4c3nc(C3CC3)[nH]c4=O)CC2)CC12CCNCC2. The summed E-state index contributed by atoms with van der Waals surface area (Å²) in [6, 6.07) is 0. The first-order valence-corrected chi connectivity index (χ1v) is 11.8. The van der Waals surface area contributed by atoms with Crippen LogP contribution in [0.3, 0.4) is 0 Å². The number of rotatable bonds is 3. The molecule has 4 fully saturated rings. The van der Waals surface area contributed by atoms with E-state index in [1.165, 1.54) is 0 Å². The molecule has 1 unspecified atom stereocenters. The Kier molecular flexibility index (Phi) is 4.36. The molecule has 2 N–H and O–H groups in total. The molecule has 1 saturated carbocycles. The molecule has 2 aliphatic carbocycles. The first-order valence-electron chi connectivity index (χ1n) is 11.8. The van der Waals surface area contributed by atoms with Gasteiger partial charge >= 0.3 is 5.97 Å². The van der Waals surface area contributed by atoms with Gasteiger partial charge in [0.2, 0.25) is 0 Å². The van der Waals surface area contributed by atoms with Crippen molar-refractivity contribution in [2.24, 2.45) is 5.41 Å². The van der Waals surface area contributed by atoms with Gasteiger partial charge in [-0.05, 0) is 77.5 Å². The van der Waals surface area contributed by atoms with Gasteiger partial charge < -0.3 is 15.0 Å². The van der Waals surface area contributed by atoms with Gasteiger partial charge in [-0.3, -0.25) is 14.5 Å². The summed E-state index contributed by atoms with van der Waals surface area (Å²) in [5.74, 6) is 1.43. The normalized spacial score (nSPS) is 30.0. The zero-order chi connectivity index (χ0) is 20.3. The number of likely N-dealkylation sites (tertiary alicyclic amines) is 1. The Balaban J connectivity index is 1.13. The summed E-state index contributed by atoms with van der Waals surface area (Å²) < 4.78 is 5.83. The molecule has 3 aliphatic heterocycles. The van der Waals surface area contributed by atoms with Crippen LogP contribution in [-0.2, 0) is 21.4 Å². The quantitative estimate of drug-likeness (QED) is 0.734. The molecule has 0 amide bonds. The van der Waals surface area contributed by atoms with Crippen LogP contribution in [0.15, 0.2) is 4.79 Å². The van der Waals surface area contributed by atoms with Crippen LogP contribution in [-0.4, -0.2) is 59.7 Å². The second-order valence-corrected chi connectivity index (χ2v) is 10.4. The van der Waals surface area contributed by atoms with E-state index in [0.29, 0.717) is 5.92 Å². The summed E-state index contributed by atoms with van der Waals surface area (Å²) in [6.07, 6.45) is 9.04. The molecule has 1 atom stereocenters. The number of carbonyl (C=O) groups excluding carboxylic acids is 1. The highest BCUT2D eigenvalue weighted by molar-refractivity contribution is 5.79. The summed E-state index contributed by atoms with van der Waals surface area (Å²) in [6.45, 7) is 4.68. The Morgan fingerprint density at radius 3 is 2.53 bits per heavy atom. The van der Waals surface area contributed by atoms with Gasteiger partial charge in [-0.15, -0.1) is 0 Å². The maximum absolute atomic E-state index is 12.6. The summed E-state index contributed by atoms with van der Waals surface area (Å²) in [5, 5.41) is 3.36. The predicted octanol–water partition coefficient (Wildman–Crippen LogP) is 1.61. The van der Waals surface area contributed by atoms with Crippen molar-refractivity contribution in [1.29, 1.82) is 0 Å². The number of H-pyrrole nitrogens is 1. The number of hydrogen-bond donors (Lipinski definition) is 2. The molecule has 4 heterocycles. The Bertz CT molecular complexity index is 908. The highest BCUT2D eigenvalue weighted by atomic mass is 16.6. The van der Waals surface area contributed by atoms with Crippen LogP contribution in [0, 0.1) is 5.41 Å². The fourth-order valence-electron chi connectivity index (χ4n) is 6.41. The van der Waals surface area contributed by atoms with Crippen molar-refractivity contribution in [1.82, 2.24) is 20.2 Å². The number of nitrogens with one attached hydrogen (secondary N) is 2. The highest BCUT2D eigenvalue weighted by Crippen LogP contribution is 2.47. The average Bonchev–Trinajstić information content (AvgIpc) is 3.48. The van der Waals surface area contributed by atoms with Crippen LogP contribution in [0.25, 0.3) is 0 Å². The molecule has 0 bridgehead atoms. The van der Waals surface area contributed by atoms with Gasteiger partial charge in [0.15, 0.2) is 0 Å². The van der Waals surface area contributed by atoms with Crippen molar-refractivity contribution < 1.29 is 9.53 Å². The van der Waals surface area contributed by atoms with Crippen LogP contribution in [0.2, 0.25) is 0 Å². The summed E-state index contributed by atoms with van der Waals surface area (Å²) in [4.78, 5) is 35.7. The van der Waals surface area contributed by atoms with E-state index in [1.54, 1.807) is 0 Å². The molecule has 0 aromatic carbocycles. The third-order valence-electron chi connectivity index (χ3n) is 8.51. The molecule has 1 aromatic heterocycles. The van der Waals surface area contributed by atoms with Crippen molar-refractivity contribution in [2.75, 3.05) is 32.7 Å². The van der Waals surface area contributed by atoms with Crippen molar-refractivity contribution in [3.63, 3.8) is 0 Å². The minimum absolute atomic E-state index is 0.0305. The zero-order valence-electron chi connectivity index (χ0n) is 17.7. The molecule has 7 heteroatoms. The van der Waals surface area contributed by atoms with Crippen LogP contribution in [0.4, 0.5) is 0 Å². The number of carbonyl (C=O) groups is 1. The van der Waals surface area contributed by atoms with Crippen molar-refractivity contribution in [3.8, 4) is 0 Å². The smallest absolute Gasteiger partial charge is 0.312 e. The second kappa shape index (κ2) is 6.89. The lowest BCUT2D eigenvalue weighted by Crippen LogP contribution is -2.45. The van der Waals surface area contributed by atoms with E-state index in [1.807, 2.05) is 0 Å². The Morgan fingerprint density at radius 2 is 1.80 bits per heavy atom. The molecule has 2 spiro atoms. The predicted molar refractivity (Wildman–Crippen MR) is 112 cm³/mol.